The highest BCUT2D eigenvalue weighted by Gasteiger charge is 2.28. The van der Waals surface area contributed by atoms with E-state index in [0.717, 1.165) is 5.82 Å². The third kappa shape index (κ3) is 6.20. The Kier molecular flexibility index (Phi) is 8.76. The first-order valence-electron chi connectivity index (χ1n) is 16.1. The van der Waals surface area contributed by atoms with E-state index in [1.807, 2.05) is 30.3 Å². The number of benzene rings is 2. The van der Waals surface area contributed by atoms with E-state index < -0.39 is 5.82 Å². The summed E-state index contributed by atoms with van der Waals surface area (Å²) >= 11 is 0. The highest BCUT2D eigenvalue weighted by Crippen LogP contribution is 2.38. The molecule has 3 aromatic heterocycles. The summed E-state index contributed by atoms with van der Waals surface area (Å²) in [5.74, 6) is 0.576. The zero-order valence-electron chi connectivity index (χ0n) is 27.0. The summed E-state index contributed by atoms with van der Waals surface area (Å²) in [4.78, 5) is 40.1. The third-order valence-electron chi connectivity index (χ3n) is 9.13. The number of nitrogens with zero attached hydrogens (tertiary/aromatic N) is 8. The predicted octanol–water partition coefficient (Wildman–Crippen LogP) is 4.51. The molecule has 0 aliphatic carbocycles. The minimum Gasteiger partial charge on any atom is -0.493 e. The molecule has 2 amide bonds. The number of hydrogen-bond acceptors (Lipinski definition) is 8. The smallest absolute Gasteiger partial charge is 0.270 e. The lowest BCUT2D eigenvalue weighted by Crippen LogP contribution is -2.49. The lowest BCUT2D eigenvalue weighted by Gasteiger charge is -2.35. The van der Waals surface area contributed by atoms with Crippen LogP contribution in [0.4, 0.5) is 10.2 Å². The fourth-order valence-corrected chi connectivity index (χ4v) is 6.59. The first-order chi connectivity index (χ1) is 23.9. The maximum Gasteiger partial charge on any atom is 0.270 e. The van der Waals surface area contributed by atoms with E-state index in [-0.39, 0.29) is 36.0 Å². The fraction of sp³-hybridized carbons (Fsp3) is 0.278. The molecule has 0 atom stereocenters. The maximum absolute atomic E-state index is 16.6. The molecule has 2 aliphatic rings. The Morgan fingerprint density at radius 1 is 1.00 bits per heavy atom. The number of carbonyl (C=O) groups excluding carboxylic acids is 2. The standard InChI is InChI=1S/C36H34FN9O3/c1-49-31-9-4-11-39-35(31)43-16-18-44(19-17-43)36(48)30-21-29-28(26-8-3-2-6-24(26)22-38)20-27(33(37)34(29)41-30)25-7-5-13-45(23-25)32(47)10-14-46-15-12-40-42-46/h2-4,6-9,11-12,15,20-21,41H,5,10,13-14,16-19,23H2,1H3. The van der Waals surface area contributed by atoms with E-state index in [4.69, 9.17) is 4.74 Å². The SMILES string of the molecule is COc1cccnc1N1CCN(C(=O)c2cc3c(-c4ccccc4C#N)cc(C4=CCCN(C(=O)CCn5ccnn5)C4)c(F)c3[nH]2)CC1. The largest absolute Gasteiger partial charge is 0.493 e. The Morgan fingerprint density at radius 3 is 2.61 bits per heavy atom. The van der Waals surface area contributed by atoms with Crippen molar-refractivity contribution in [3.8, 4) is 22.9 Å². The minimum absolute atomic E-state index is 0.0630. The topological polar surface area (TPSA) is 136 Å². The van der Waals surface area contributed by atoms with Crippen LogP contribution in [-0.2, 0) is 11.3 Å². The van der Waals surface area contributed by atoms with Crippen LogP contribution in [0.15, 0.2) is 73.2 Å². The minimum atomic E-state index is -0.512. The van der Waals surface area contributed by atoms with Gasteiger partial charge in [0.1, 0.15) is 5.69 Å². The number of anilines is 1. The van der Waals surface area contributed by atoms with Crippen molar-refractivity contribution < 1.29 is 18.7 Å². The summed E-state index contributed by atoms with van der Waals surface area (Å²) < 4.78 is 23.7. The second-order valence-corrected chi connectivity index (χ2v) is 12.0. The van der Waals surface area contributed by atoms with Crippen LogP contribution in [0, 0.1) is 17.1 Å². The van der Waals surface area contributed by atoms with Crippen LogP contribution < -0.4 is 9.64 Å². The molecule has 0 bridgehead atoms. The molecule has 2 aromatic carbocycles. The number of H-pyrrole nitrogens is 1. The molecular weight excluding hydrogens is 625 g/mol. The van der Waals surface area contributed by atoms with Crippen molar-refractivity contribution in [3.63, 3.8) is 0 Å². The van der Waals surface area contributed by atoms with Gasteiger partial charge in [-0.2, -0.15) is 5.26 Å². The van der Waals surface area contributed by atoms with Gasteiger partial charge in [-0.1, -0.05) is 29.5 Å². The van der Waals surface area contributed by atoms with Gasteiger partial charge in [-0.25, -0.2) is 9.37 Å². The number of aryl methyl sites for hydroxylation is 1. The van der Waals surface area contributed by atoms with Gasteiger partial charge in [0.2, 0.25) is 5.91 Å². The van der Waals surface area contributed by atoms with Crippen LogP contribution in [0.2, 0.25) is 0 Å². The number of pyridine rings is 1. The van der Waals surface area contributed by atoms with Gasteiger partial charge in [-0.15, -0.1) is 5.10 Å². The fourth-order valence-electron chi connectivity index (χ4n) is 6.59. The van der Waals surface area contributed by atoms with Gasteiger partial charge in [0, 0.05) is 74.6 Å². The summed E-state index contributed by atoms with van der Waals surface area (Å²) in [6.07, 6.45) is 7.74. The number of aromatic nitrogens is 5. The molecule has 13 heteroatoms. The number of carbonyl (C=O) groups is 2. The van der Waals surface area contributed by atoms with Crippen molar-refractivity contribution in [2.24, 2.45) is 0 Å². The second kappa shape index (κ2) is 13.6. The van der Waals surface area contributed by atoms with E-state index in [2.05, 4.69) is 31.2 Å². The summed E-state index contributed by atoms with van der Waals surface area (Å²) in [5, 5.41) is 18.2. The van der Waals surface area contributed by atoms with Crippen molar-refractivity contribution in [3.05, 3.63) is 95.8 Å². The summed E-state index contributed by atoms with van der Waals surface area (Å²) in [7, 11) is 1.60. The van der Waals surface area contributed by atoms with Gasteiger partial charge < -0.3 is 24.4 Å². The van der Waals surface area contributed by atoms with Crippen molar-refractivity contribution in [1.29, 1.82) is 5.26 Å². The van der Waals surface area contributed by atoms with E-state index in [0.29, 0.717) is 84.7 Å². The van der Waals surface area contributed by atoms with E-state index in [1.54, 1.807) is 64.4 Å². The van der Waals surface area contributed by atoms with Crippen LogP contribution in [0.3, 0.4) is 0 Å². The number of piperazine rings is 1. The van der Waals surface area contributed by atoms with E-state index in [9.17, 15) is 14.9 Å². The second-order valence-electron chi connectivity index (χ2n) is 12.0. The Morgan fingerprint density at radius 2 is 1.84 bits per heavy atom. The maximum atomic E-state index is 16.6. The Labute approximate surface area is 282 Å². The molecule has 5 aromatic rings. The van der Waals surface area contributed by atoms with Crippen molar-refractivity contribution in [1.82, 2.24) is 34.8 Å². The highest BCUT2D eigenvalue weighted by molar-refractivity contribution is 6.05. The zero-order valence-corrected chi connectivity index (χ0v) is 27.0. The summed E-state index contributed by atoms with van der Waals surface area (Å²) in [6.45, 7) is 3.15. The van der Waals surface area contributed by atoms with Crippen molar-refractivity contribution >= 4 is 34.1 Å². The van der Waals surface area contributed by atoms with Crippen molar-refractivity contribution in [2.45, 2.75) is 19.4 Å². The number of amides is 2. The average molecular weight is 660 g/mol. The molecule has 2 aliphatic heterocycles. The number of nitrogens with one attached hydrogen (secondary N) is 1. The zero-order chi connectivity index (χ0) is 33.9. The molecule has 1 N–H and O–H groups in total. The highest BCUT2D eigenvalue weighted by atomic mass is 19.1. The number of hydrogen-bond donors (Lipinski definition) is 1. The quantitative estimate of drug-likeness (QED) is 0.257. The summed E-state index contributed by atoms with van der Waals surface area (Å²) in [5.41, 5.74) is 3.11. The van der Waals surface area contributed by atoms with Gasteiger partial charge in [-0.3, -0.25) is 14.3 Å². The molecule has 1 saturated heterocycles. The molecule has 12 nitrogen and oxygen atoms in total. The number of rotatable bonds is 8. The van der Waals surface area contributed by atoms with E-state index in [1.165, 1.54) is 0 Å². The van der Waals surface area contributed by atoms with Crippen LogP contribution in [0.5, 0.6) is 5.75 Å². The van der Waals surface area contributed by atoms with Gasteiger partial charge in [0.25, 0.3) is 5.91 Å². The molecule has 1 fully saturated rings. The lowest BCUT2D eigenvalue weighted by atomic mass is 9.91. The molecule has 0 spiro atoms. The first kappa shape index (κ1) is 31.6. The molecular formula is C36H34FN9O3. The van der Waals surface area contributed by atoms with Crippen molar-refractivity contribution in [2.75, 3.05) is 51.3 Å². The monoisotopic (exact) mass is 659 g/mol. The molecule has 0 radical (unpaired) electrons. The number of halogens is 1. The number of nitriles is 1. The molecule has 7 rings (SSSR count). The summed E-state index contributed by atoms with van der Waals surface area (Å²) in [6, 6.07) is 16.5. The normalized spacial score (nSPS) is 14.9. The van der Waals surface area contributed by atoms with Gasteiger partial charge >= 0.3 is 0 Å². The van der Waals surface area contributed by atoms with Crippen LogP contribution in [0.25, 0.3) is 27.6 Å². The molecule has 248 valence electrons. The lowest BCUT2D eigenvalue weighted by molar-refractivity contribution is -0.131. The van der Waals surface area contributed by atoms with Crippen LogP contribution >= 0.6 is 0 Å². The molecule has 0 unspecified atom stereocenters. The number of ether oxygens (including phenoxy) is 1. The number of methoxy groups -OCH3 is 1. The van der Waals surface area contributed by atoms with Crippen LogP contribution in [0.1, 0.15) is 34.5 Å². The van der Waals surface area contributed by atoms with Gasteiger partial charge in [0.15, 0.2) is 17.4 Å². The first-order valence-corrected chi connectivity index (χ1v) is 16.1. The Balaban J connectivity index is 1.19. The van der Waals surface area contributed by atoms with Gasteiger partial charge in [-0.05, 0) is 47.9 Å². The number of fused-ring (bicyclic) bond motifs is 1. The predicted molar refractivity (Wildman–Crippen MR) is 181 cm³/mol. The third-order valence-corrected chi connectivity index (χ3v) is 9.13. The molecule has 49 heavy (non-hydrogen) atoms. The van der Waals surface area contributed by atoms with E-state index >= 15 is 4.39 Å². The number of aromatic amines is 1. The Hall–Kier alpha value is -6.03. The van der Waals surface area contributed by atoms with Gasteiger partial charge in [0.05, 0.1) is 37.0 Å². The van der Waals surface area contributed by atoms with Crippen LogP contribution in [-0.4, -0.2) is 93.0 Å². The average Bonchev–Trinajstić information content (AvgIpc) is 3.85. The molecule has 0 saturated carbocycles. The molecule has 5 heterocycles. The Bertz CT molecular complexity index is 2090.